The third-order valence-corrected chi connectivity index (χ3v) is 4.13. The highest BCUT2D eigenvalue weighted by Crippen LogP contribution is 2.38. The Balaban J connectivity index is 2.09. The fourth-order valence-corrected chi connectivity index (χ4v) is 3.11. The van der Waals surface area contributed by atoms with E-state index in [4.69, 9.17) is 9.47 Å². The summed E-state index contributed by atoms with van der Waals surface area (Å²) in [7, 11) is 0. The lowest BCUT2D eigenvalue weighted by atomic mass is 9.89. The molecule has 1 heterocycles. The van der Waals surface area contributed by atoms with Gasteiger partial charge < -0.3 is 14.8 Å². The molecule has 0 unspecified atom stereocenters. The Kier molecular flexibility index (Phi) is 5.00. The van der Waals surface area contributed by atoms with Gasteiger partial charge in [0, 0.05) is 12.1 Å². The molecule has 1 aliphatic heterocycles. The number of hydrogen-bond acceptors (Lipinski definition) is 3. The second-order valence-corrected chi connectivity index (χ2v) is 5.67. The second-order valence-electron chi connectivity index (χ2n) is 5.67. The molecule has 0 bridgehead atoms. The topological polar surface area (TPSA) is 30.5 Å². The van der Waals surface area contributed by atoms with E-state index in [0.717, 1.165) is 23.6 Å². The van der Waals surface area contributed by atoms with E-state index in [9.17, 15) is 8.78 Å². The van der Waals surface area contributed by atoms with Crippen LogP contribution in [0.2, 0.25) is 0 Å². The van der Waals surface area contributed by atoms with Crippen LogP contribution in [0.25, 0.3) is 0 Å². The van der Waals surface area contributed by atoms with Gasteiger partial charge in [0.2, 0.25) is 0 Å². The molecule has 1 atom stereocenters. The highest BCUT2D eigenvalue weighted by molar-refractivity contribution is 5.51. The van der Waals surface area contributed by atoms with Crippen LogP contribution in [-0.4, -0.2) is 19.8 Å². The Morgan fingerprint density at radius 2 is 1.71 bits per heavy atom. The van der Waals surface area contributed by atoms with E-state index in [2.05, 4.69) is 5.32 Å². The molecule has 2 aromatic carbocycles. The van der Waals surface area contributed by atoms with Crippen LogP contribution in [0.3, 0.4) is 0 Å². The number of benzene rings is 2. The van der Waals surface area contributed by atoms with E-state index >= 15 is 0 Å². The van der Waals surface area contributed by atoms with Crippen LogP contribution in [0.4, 0.5) is 8.78 Å². The molecule has 0 aliphatic carbocycles. The SMILES string of the molecule is CCOc1cc2c(cc1OCC)[C@H](c1cc(F)ccc1F)NCC2. The van der Waals surface area contributed by atoms with Crippen LogP contribution < -0.4 is 14.8 Å². The summed E-state index contributed by atoms with van der Waals surface area (Å²) >= 11 is 0. The van der Waals surface area contributed by atoms with E-state index in [-0.39, 0.29) is 0 Å². The molecule has 3 nitrogen and oxygen atoms in total. The minimum absolute atomic E-state index is 0.308. The molecule has 0 spiro atoms. The van der Waals surface area contributed by atoms with E-state index in [1.165, 1.54) is 12.1 Å². The quantitative estimate of drug-likeness (QED) is 0.897. The Morgan fingerprint density at radius 1 is 1.00 bits per heavy atom. The normalized spacial score (nSPS) is 16.6. The molecule has 1 N–H and O–H groups in total. The summed E-state index contributed by atoms with van der Waals surface area (Å²) in [6, 6.07) is 6.98. The maximum atomic E-state index is 14.2. The Morgan fingerprint density at radius 3 is 2.42 bits per heavy atom. The summed E-state index contributed by atoms with van der Waals surface area (Å²) < 4.78 is 39.2. The first-order valence-corrected chi connectivity index (χ1v) is 8.24. The van der Waals surface area contributed by atoms with E-state index in [1.807, 2.05) is 26.0 Å². The van der Waals surface area contributed by atoms with Gasteiger partial charge in [-0.2, -0.15) is 0 Å². The Labute approximate surface area is 140 Å². The summed E-state index contributed by atoms with van der Waals surface area (Å²) in [5, 5.41) is 3.28. The van der Waals surface area contributed by atoms with Crippen molar-refractivity contribution in [3.63, 3.8) is 0 Å². The lowest BCUT2D eigenvalue weighted by Crippen LogP contribution is -2.31. The summed E-state index contributed by atoms with van der Waals surface area (Å²) in [5.41, 5.74) is 2.27. The van der Waals surface area contributed by atoms with Crippen molar-refractivity contribution in [1.82, 2.24) is 5.32 Å². The van der Waals surface area contributed by atoms with Crippen LogP contribution in [0, 0.1) is 11.6 Å². The average molecular weight is 333 g/mol. The zero-order chi connectivity index (χ0) is 17.1. The first-order valence-electron chi connectivity index (χ1n) is 8.24. The van der Waals surface area contributed by atoms with Crippen LogP contribution in [0.15, 0.2) is 30.3 Å². The van der Waals surface area contributed by atoms with Gasteiger partial charge in [0.25, 0.3) is 0 Å². The van der Waals surface area contributed by atoms with Gasteiger partial charge in [-0.3, -0.25) is 0 Å². The molecule has 24 heavy (non-hydrogen) atoms. The Hall–Kier alpha value is -2.14. The molecule has 2 aromatic rings. The summed E-state index contributed by atoms with van der Waals surface area (Å²) in [4.78, 5) is 0. The first-order chi connectivity index (χ1) is 11.6. The molecule has 0 radical (unpaired) electrons. The fourth-order valence-electron chi connectivity index (χ4n) is 3.11. The minimum atomic E-state index is -0.448. The van der Waals surface area contributed by atoms with Crippen LogP contribution >= 0.6 is 0 Å². The largest absolute Gasteiger partial charge is 0.490 e. The van der Waals surface area contributed by atoms with Crippen molar-refractivity contribution in [2.75, 3.05) is 19.8 Å². The van der Waals surface area contributed by atoms with Crippen molar-refractivity contribution in [1.29, 1.82) is 0 Å². The molecular formula is C19H21F2NO2. The fraction of sp³-hybridized carbons (Fsp3) is 0.368. The standard InChI is InChI=1S/C19H21F2NO2/c1-3-23-17-9-12-7-8-22-19(14(12)11-18(17)24-4-2)15-10-13(20)5-6-16(15)21/h5-6,9-11,19,22H,3-4,7-8H2,1-2H3/t19-/m1/s1. The van der Waals surface area contributed by atoms with Gasteiger partial charge in [0.15, 0.2) is 11.5 Å². The number of ether oxygens (including phenoxy) is 2. The van der Waals surface area contributed by atoms with Gasteiger partial charge in [0.05, 0.1) is 19.3 Å². The van der Waals surface area contributed by atoms with Gasteiger partial charge in [-0.15, -0.1) is 0 Å². The maximum absolute atomic E-state index is 14.2. The van der Waals surface area contributed by atoms with Gasteiger partial charge in [-0.1, -0.05) is 0 Å². The first kappa shape index (κ1) is 16.7. The van der Waals surface area contributed by atoms with Crippen LogP contribution in [0.1, 0.15) is 36.6 Å². The van der Waals surface area contributed by atoms with Crippen molar-refractivity contribution in [2.24, 2.45) is 0 Å². The van der Waals surface area contributed by atoms with Crippen molar-refractivity contribution >= 4 is 0 Å². The van der Waals surface area contributed by atoms with Crippen molar-refractivity contribution in [3.8, 4) is 11.5 Å². The molecule has 0 aromatic heterocycles. The smallest absolute Gasteiger partial charge is 0.161 e. The minimum Gasteiger partial charge on any atom is -0.490 e. The molecular weight excluding hydrogens is 312 g/mol. The predicted octanol–water partition coefficient (Wildman–Crippen LogP) is 4.00. The zero-order valence-corrected chi connectivity index (χ0v) is 13.9. The highest BCUT2D eigenvalue weighted by Gasteiger charge is 2.26. The third kappa shape index (κ3) is 3.22. The van der Waals surface area contributed by atoms with E-state index in [1.54, 1.807) is 0 Å². The van der Waals surface area contributed by atoms with E-state index in [0.29, 0.717) is 36.8 Å². The summed E-state index contributed by atoms with van der Waals surface area (Å²) in [5.74, 6) is 0.451. The molecule has 0 saturated heterocycles. The van der Waals surface area contributed by atoms with Crippen molar-refractivity contribution < 1.29 is 18.3 Å². The molecule has 1 aliphatic rings. The predicted molar refractivity (Wildman–Crippen MR) is 88.7 cm³/mol. The van der Waals surface area contributed by atoms with Gasteiger partial charge in [-0.25, -0.2) is 8.78 Å². The monoisotopic (exact) mass is 333 g/mol. The second kappa shape index (κ2) is 7.18. The average Bonchev–Trinajstić information content (AvgIpc) is 2.57. The van der Waals surface area contributed by atoms with Crippen molar-refractivity contribution in [2.45, 2.75) is 26.3 Å². The van der Waals surface area contributed by atoms with Crippen molar-refractivity contribution in [3.05, 3.63) is 58.7 Å². The van der Waals surface area contributed by atoms with Gasteiger partial charge in [-0.05, 0) is 61.7 Å². The lowest BCUT2D eigenvalue weighted by molar-refractivity contribution is 0.286. The third-order valence-electron chi connectivity index (χ3n) is 4.13. The molecule has 128 valence electrons. The highest BCUT2D eigenvalue weighted by atomic mass is 19.1. The van der Waals surface area contributed by atoms with Gasteiger partial charge >= 0.3 is 0 Å². The molecule has 0 saturated carbocycles. The molecule has 0 amide bonds. The molecule has 0 fully saturated rings. The van der Waals surface area contributed by atoms with Gasteiger partial charge in [0.1, 0.15) is 11.6 Å². The summed E-state index contributed by atoms with van der Waals surface area (Å²) in [6.07, 6.45) is 0.801. The zero-order valence-electron chi connectivity index (χ0n) is 13.9. The summed E-state index contributed by atoms with van der Waals surface area (Å²) in [6.45, 7) is 5.55. The molecule has 3 rings (SSSR count). The number of halogens is 2. The Bertz CT molecular complexity index is 734. The number of fused-ring (bicyclic) bond motifs is 1. The number of hydrogen-bond donors (Lipinski definition) is 1. The number of rotatable bonds is 5. The lowest BCUT2D eigenvalue weighted by Gasteiger charge is -2.29. The number of nitrogens with one attached hydrogen (secondary N) is 1. The van der Waals surface area contributed by atoms with Crippen LogP contribution in [-0.2, 0) is 6.42 Å². The molecule has 5 heteroatoms. The van der Waals surface area contributed by atoms with E-state index < -0.39 is 17.7 Å². The van der Waals surface area contributed by atoms with Crippen LogP contribution in [0.5, 0.6) is 11.5 Å². The maximum Gasteiger partial charge on any atom is 0.161 e.